The first-order valence-electron chi connectivity index (χ1n) is 11.3. The van der Waals surface area contributed by atoms with Crippen molar-refractivity contribution in [3.05, 3.63) is 89.7 Å². The molecule has 3 aromatic rings. The number of hydrogen-bond donors (Lipinski definition) is 1. The van der Waals surface area contributed by atoms with Gasteiger partial charge in [-0.05, 0) is 53.9 Å². The summed E-state index contributed by atoms with van der Waals surface area (Å²) in [5.74, 6) is -0.629. The van der Waals surface area contributed by atoms with Gasteiger partial charge in [-0.15, -0.1) is 0 Å². The molecule has 2 aromatic carbocycles. The van der Waals surface area contributed by atoms with Crippen LogP contribution in [0.3, 0.4) is 0 Å². The minimum absolute atomic E-state index is 0.146. The van der Waals surface area contributed by atoms with Crippen LogP contribution in [0.2, 0.25) is 0 Å². The monoisotopic (exact) mass is 466 g/mol. The number of piperazine rings is 1. The number of para-hydroxylation sites is 1. The Morgan fingerprint density at radius 1 is 1.06 bits per heavy atom. The largest absolute Gasteiger partial charge is 0.416 e. The Kier molecular flexibility index (Phi) is 5.89. The van der Waals surface area contributed by atoms with E-state index in [1.54, 1.807) is 24.5 Å². The SMILES string of the molecule is O=C(NCc1cccnc1)[C@H]1Cc2cc(C(F)(F)F)ccc2N2CCN(c3ccccc3)C[C@H]12. The van der Waals surface area contributed by atoms with Crippen molar-refractivity contribution >= 4 is 17.3 Å². The van der Waals surface area contributed by atoms with Gasteiger partial charge in [0, 0.05) is 49.9 Å². The third-order valence-electron chi connectivity index (χ3n) is 6.69. The fourth-order valence-electron chi connectivity index (χ4n) is 5.00. The molecule has 2 aliphatic heterocycles. The van der Waals surface area contributed by atoms with E-state index < -0.39 is 17.7 Å². The Morgan fingerprint density at radius 2 is 1.88 bits per heavy atom. The molecule has 3 heterocycles. The number of halogens is 3. The highest BCUT2D eigenvalue weighted by Crippen LogP contribution is 2.40. The molecule has 0 spiro atoms. The van der Waals surface area contributed by atoms with E-state index in [-0.39, 0.29) is 18.4 Å². The second-order valence-corrected chi connectivity index (χ2v) is 8.77. The van der Waals surface area contributed by atoms with E-state index in [1.807, 2.05) is 36.4 Å². The van der Waals surface area contributed by atoms with Crippen molar-refractivity contribution in [1.29, 1.82) is 0 Å². The molecule has 0 radical (unpaired) electrons. The molecule has 176 valence electrons. The molecular weight excluding hydrogens is 441 g/mol. The summed E-state index contributed by atoms with van der Waals surface area (Å²) >= 11 is 0. The maximum absolute atomic E-state index is 13.4. The van der Waals surface area contributed by atoms with Crippen LogP contribution in [0.4, 0.5) is 24.5 Å². The molecule has 0 bridgehead atoms. The van der Waals surface area contributed by atoms with Crippen LogP contribution < -0.4 is 15.1 Å². The summed E-state index contributed by atoms with van der Waals surface area (Å²) in [5.41, 5.74) is 2.64. The summed E-state index contributed by atoms with van der Waals surface area (Å²) in [6, 6.07) is 17.4. The molecule has 1 fully saturated rings. The Morgan fingerprint density at radius 3 is 2.62 bits per heavy atom. The zero-order valence-electron chi connectivity index (χ0n) is 18.5. The smallest absolute Gasteiger partial charge is 0.368 e. The van der Waals surface area contributed by atoms with Crippen molar-refractivity contribution in [2.75, 3.05) is 29.4 Å². The van der Waals surface area contributed by atoms with E-state index in [0.717, 1.165) is 29.5 Å². The zero-order valence-corrected chi connectivity index (χ0v) is 18.5. The number of amides is 1. The molecule has 5 nitrogen and oxygen atoms in total. The van der Waals surface area contributed by atoms with Crippen LogP contribution in [-0.2, 0) is 23.9 Å². The Labute approximate surface area is 196 Å². The number of carbonyl (C=O) groups excluding carboxylic acids is 1. The predicted molar refractivity (Wildman–Crippen MR) is 125 cm³/mol. The second kappa shape index (κ2) is 9.00. The summed E-state index contributed by atoms with van der Waals surface area (Å²) < 4.78 is 40.2. The van der Waals surface area contributed by atoms with Gasteiger partial charge >= 0.3 is 6.18 Å². The first kappa shape index (κ1) is 22.3. The van der Waals surface area contributed by atoms with Gasteiger partial charge in [0.25, 0.3) is 0 Å². The van der Waals surface area contributed by atoms with Crippen LogP contribution in [0.15, 0.2) is 73.1 Å². The number of nitrogens with zero attached hydrogens (tertiary/aromatic N) is 3. The summed E-state index contributed by atoms with van der Waals surface area (Å²) in [5, 5.41) is 2.99. The number of hydrogen-bond acceptors (Lipinski definition) is 4. The van der Waals surface area contributed by atoms with Gasteiger partial charge in [0.1, 0.15) is 0 Å². The normalized spacial score (nSPS) is 19.9. The lowest BCUT2D eigenvalue weighted by atomic mass is 9.82. The molecule has 0 saturated carbocycles. The molecule has 0 unspecified atom stereocenters. The van der Waals surface area contributed by atoms with E-state index in [1.165, 1.54) is 6.07 Å². The third-order valence-corrected chi connectivity index (χ3v) is 6.69. The van der Waals surface area contributed by atoms with Crippen LogP contribution in [0.1, 0.15) is 16.7 Å². The molecule has 1 N–H and O–H groups in total. The molecule has 34 heavy (non-hydrogen) atoms. The highest BCUT2D eigenvalue weighted by molar-refractivity contribution is 5.82. The Balaban J connectivity index is 1.44. The van der Waals surface area contributed by atoms with Crippen molar-refractivity contribution in [3.63, 3.8) is 0 Å². The maximum atomic E-state index is 13.4. The van der Waals surface area contributed by atoms with Gasteiger partial charge in [0.2, 0.25) is 5.91 Å². The van der Waals surface area contributed by atoms with E-state index >= 15 is 0 Å². The van der Waals surface area contributed by atoms with E-state index in [0.29, 0.717) is 25.2 Å². The molecule has 0 aliphatic carbocycles. The number of carbonyl (C=O) groups is 1. The second-order valence-electron chi connectivity index (χ2n) is 8.77. The van der Waals surface area contributed by atoms with Gasteiger partial charge in [-0.25, -0.2) is 0 Å². The Bertz CT molecular complexity index is 1150. The number of rotatable bonds is 4. The molecule has 1 amide bonds. The molecule has 2 atom stereocenters. The molecule has 1 saturated heterocycles. The minimum atomic E-state index is -4.42. The highest BCUT2D eigenvalue weighted by Gasteiger charge is 2.42. The van der Waals surface area contributed by atoms with Crippen LogP contribution in [0.25, 0.3) is 0 Å². The number of anilines is 2. The van der Waals surface area contributed by atoms with Crippen molar-refractivity contribution in [3.8, 4) is 0 Å². The molecular formula is C26H25F3N4O. The standard InChI is InChI=1S/C26H25F3N4O/c27-26(28,29)20-8-9-23-19(13-20)14-22(25(34)31-16-18-5-4-10-30-15-18)24-17-32(11-12-33(23)24)21-6-2-1-3-7-21/h1-10,13,15,22,24H,11-12,14,16-17H2,(H,31,34)/t22-,24+/m0/s1. The molecule has 1 aromatic heterocycles. The lowest BCUT2D eigenvalue weighted by molar-refractivity contribution is -0.137. The number of fused-ring (bicyclic) bond motifs is 3. The average Bonchev–Trinajstić information content (AvgIpc) is 2.86. The van der Waals surface area contributed by atoms with E-state index in [2.05, 4.69) is 20.1 Å². The van der Waals surface area contributed by atoms with Crippen LogP contribution in [0, 0.1) is 5.92 Å². The van der Waals surface area contributed by atoms with Gasteiger partial charge in [0.05, 0.1) is 17.5 Å². The van der Waals surface area contributed by atoms with Gasteiger partial charge in [-0.3, -0.25) is 9.78 Å². The lowest BCUT2D eigenvalue weighted by Gasteiger charge is -2.49. The van der Waals surface area contributed by atoms with Gasteiger partial charge < -0.3 is 15.1 Å². The van der Waals surface area contributed by atoms with Gasteiger partial charge in [0.15, 0.2) is 0 Å². The number of benzene rings is 2. The number of nitrogens with one attached hydrogen (secondary N) is 1. The first-order valence-corrected chi connectivity index (χ1v) is 11.3. The van der Waals surface area contributed by atoms with Crippen molar-refractivity contribution < 1.29 is 18.0 Å². The van der Waals surface area contributed by atoms with Gasteiger partial charge in [-0.1, -0.05) is 24.3 Å². The average molecular weight is 467 g/mol. The minimum Gasteiger partial charge on any atom is -0.368 e. The molecule has 8 heteroatoms. The third kappa shape index (κ3) is 4.44. The molecule has 2 aliphatic rings. The maximum Gasteiger partial charge on any atom is 0.416 e. The Hall–Kier alpha value is -3.55. The number of alkyl halides is 3. The fourth-order valence-corrected chi connectivity index (χ4v) is 5.00. The summed E-state index contributed by atoms with van der Waals surface area (Å²) in [4.78, 5) is 21.8. The lowest BCUT2D eigenvalue weighted by Crippen LogP contribution is -2.61. The van der Waals surface area contributed by atoms with Crippen LogP contribution in [-0.4, -0.2) is 36.6 Å². The summed E-state index contributed by atoms with van der Waals surface area (Å²) in [6.45, 7) is 2.30. The van der Waals surface area contributed by atoms with Gasteiger partial charge in [-0.2, -0.15) is 13.2 Å². The van der Waals surface area contributed by atoms with E-state index in [9.17, 15) is 18.0 Å². The summed E-state index contributed by atoms with van der Waals surface area (Å²) in [7, 11) is 0. The van der Waals surface area contributed by atoms with Crippen molar-refractivity contribution in [1.82, 2.24) is 10.3 Å². The summed E-state index contributed by atoms with van der Waals surface area (Å²) in [6.07, 6.45) is -0.798. The van der Waals surface area contributed by atoms with E-state index in [4.69, 9.17) is 0 Å². The zero-order chi connectivity index (χ0) is 23.7. The predicted octanol–water partition coefficient (Wildman–Crippen LogP) is 4.28. The van der Waals surface area contributed by atoms with Crippen molar-refractivity contribution in [2.45, 2.75) is 25.2 Å². The number of aromatic nitrogens is 1. The quantitative estimate of drug-likeness (QED) is 0.624. The molecule has 5 rings (SSSR count). The van der Waals surface area contributed by atoms with Crippen molar-refractivity contribution in [2.24, 2.45) is 5.92 Å². The topological polar surface area (TPSA) is 48.5 Å². The van der Waals surface area contributed by atoms with Crippen LogP contribution >= 0.6 is 0 Å². The fraction of sp³-hybridized carbons (Fsp3) is 0.308. The first-order chi connectivity index (χ1) is 16.4. The number of pyridine rings is 1. The highest BCUT2D eigenvalue weighted by atomic mass is 19.4. The van der Waals surface area contributed by atoms with Crippen LogP contribution in [0.5, 0.6) is 0 Å².